The van der Waals surface area contributed by atoms with Crippen LogP contribution in [0.25, 0.3) is 0 Å². The average Bonchev–Trinajstić information content (AvgIpc) is 3.49. The van der Waals surface area contributed by atoms with Crippen molar-refractivity contribution in [3.8, 4) is 17.2 Å². The maximum Gasteiger partial charge on any atom is 0.266 e. The number of imide groups is 1. The van der Waals surface area contributed by atoms with Gasteiger partial charge in [0.05, 0.1) is 37.2 Å². The van der Waals surface area contributed by atoms with Crippen molar-refractivity contribution in [1.29, 1.82) is 0 Å². The van der Waals surface area contributed by atoms with Gasteiger partial charge in [-0.3, -0.25) is 14.4 Å². The highest BCUT2D eigenvalue weighted by Crippen LogP contribution is 2.48. The highest BCUT2D eigenvalue weighted by atomic mass is 16.7. The molecule has 3 aromatic carbocycles. The van der Waals surface area contributed by atoms with E-state index in [2.05, 4.69) is 6.92 Å². The lowest BCUT2D eigenvalue weighted by Gasteiger charge is -2.29. The summed E-state index contributed by atoms with van der Waals surface area (Å²) in [6, 6.07) is 21.7. The molecule has 0 N–H and O–H groups in total. The van der Waals surface area contributed by atoms with Crippen LogP contribution >= 0.6 is 0 Å². The van der Waals surface area contributed by atoms with Crippen molar-refractivity contribution in [2.75, 3.05) is 29.8 Å². The number of hydrogen-bond acceptors (Lipinski definition) is 7. The fourth-order valence-electron chi connectivity index (χ4n) is 5.14. The molecule has 2 saturated heterocycles. The van der Waals surface area contributed by atoms with Gasteiger partial charge in [0.2, 0.25) is 5.91 Å². The van der Waals surface area contributed by atoms with Crippen molar-refractivity contribution < 1.29 is 28.6 Å². The normalized spacial score (nSPS) is 20.1. The Morgan fingerprint density at radius 3 is 2.23 bits per heavy atom. The Morgan fingerprint density at radius 1 is 0.750 bits per heavy atom. The van der Waals surface area contributed by atoms with Gasteiger partial charge in [-0.15, -0.1) is 0 Å². The Labute approximate surface area is 235 Å². The molecule has 40 heavy (non-hydrogen) atoms. The molecule has 0 unspecified atom stereocenters. The number of ether oxygens (including phenoxy) is 3. The fraction of sp³-hybridized carbons (Fsp3) is 0.375. The summed E-state index contributed by atoms with van der Waals surface area (Å²) in [6.07, 6.45) is 1.90. The molecular weight excluding hydrogens is 508 g/mol. The van der Waals surface area contributed by atoms with Crippen LogP contribution in [0.3, 0.4) is 0 Å². The standard InChI is InChI=1S/C32H36N2O6/c1-4-7-20-39-26-18-13-22(21-27(26)37-6-3)29-28-30(40-34(29)24-11-9-8-10-12-24)32(36)33(31(28)35)23-14-16-25(17-15-23)38-19-5-2/h8-18,21,28-30H,4-7,19-20H2,1-3H3/t28-,29+,30-/m0/s1. The molecule has 5 rings (SSSR count). The number of hydrogen-bond donors (Lipinski definition) is 0. The number of unbranched alkanes of at least 4 members (excludes halogenated alkanes) is 1. The Morgan fingerprint density at radius 2 is 1.52 bits per heavy atom. The van der Waals surface area contributed by atoms with E-state index in [-0.39, 0.29) is 11.8 Å². The van der Waals surface area contributed by atoms with Gasteiger partial charge in [0.25, 0.3) is 5.91 Å². The molecule has 8 heteroatoms. The van der Waals surface area contributed by atoms with E-state index >= 15 is 0 Å². The first-order valence-electron chi connectivity index (χ1n) is 14.1. The lowest BCUT2D eigenvalue weighted by atomic mass is 9.90. The second kappa shape index (κ2) is 12.4. The van der Waals surface area contributed by atoms with E-state index in [4.69, 9.17) is 19.0 Å². The summed E-state index contributed by atoms with van der Waals surface area (Å²) >= 11 is 0. The molecule has 210 valence electrons. The SMILES string of the molecule is CCCCOc1ccc([C@@H]2[C@@H]3C(=O)N(c4ccc(OCCC)cc4)C(=O)[C@H]3ON2c2ccccc2)cc1OCC. The summed E-state index contributed by atoms with van der Waals surface area (Å²) in [5.41, 5.74) is 2.05. The molecule has 0 aromatic heterocycles. The lowest BCUT2D eigenvalue weighted by molar-refractivity contribution is -0.126. The van der Waals surface area contributed by atoms with E-state index in [1.807, 2.05) is 62.4 Å². The molecule has 2 amide bonds. The first-order chi connectivity index (χ1) is 19.6. The maximum absolute atomic E-state index is 14.0. The molecule has 2 heterocycles. The molecule has 8 nitrogen and oxygen atoms in total. The number of anilines is 2. The van der Waals surface area contributed by atoms with Gasteiger partial charge in [-0.25, -0.2) is 9.96 Å². The third-order valence-electron chi connectivity index (χ3n) is 7.06. The molecule has 2 fully saturated rings. The minimum atomic E-state index is -0.954. The number of rotatable bonds is 12. The van der Waals surface area contributed by atoms with E-state index in [1.54, 1.807) is 29.3 Å². The number of carbonyl (C=O) groups is 2. The van der Waals surface area contributed by atoms with Crippen LogP contribution in [0.15, 0.2) is 72.8 Å². The zero-order chi connectivity index (χ0) is 28.1. The Balaban J connectivity index is 1.50. The predicted octanol–water partition coefficient (Wildman–Crippen LogP) is 6.10. The van der Waals surface area contributed by atoms with Gasteiger partial charge in [-0.1, -0.05) is 44.5 Å². The van der Waals surface area contributed by atoms with Crippen molar-refractivity contribution in [2.45, 2.75) is 52.2 Å². The number of fused-ring (bicyclic) bond motifs is 1. The summed E-state index contributed by atoms with van der Waals surface area (Å²) < 4.78 is 17.6. The van der Waals surface area contributed by atoms with Gasteiger partial charge >= 0.3 is 0 Å². The molecular formula is C32H36N2O6. The van der Waals surface area contributed by atoms with Crippen LogP contribution in [0, 0.1) is 5.92 Å². The molecule has 0 bridgehead atoms. The first kappa shape index (κ1) is 27.5. The number of amides is 2. The number of nitrogens with zero attached hydrogens (tertiary/aromatic N) is 2. The second-order valence-corrected chi connectivity index (χ2v) is 9.85. The second-order valence-electron chi connectivity index (χ2n) is 9.85. The summed E-state index contributed by atoms with van der Waals surface area (Å²) in [7, 11) is 0. The van der Waals surface area contributed by atoms with E-state index in [9.17, 15) is 9.59 Å². The zero-order valence-electron chi connectivity index (χ0n) is 23.2. The Kier molecular flexibility index (Phi) is 8.55. The molecule has 0 aliphatic carbocycles. The Bertz CT molecular complexity index is 1310. The average molecular weight is 545 g/mol. The van der Waals surface area contributed by atoms with Crippen molar-refractivity contribution in [2.24, 2.45) is 5.92 Å². The largest absolute Gasteiger partial charge is 0.494 e. The molecule has 0 saturated carbocycles. The molecule has 0 radical (unpaired) electrons. The Hall–Kier alpha value is -4.04. The van der Waals surface area contributed by atoms with Gasteiger partial charge in [0, 0.05) is 0 Å². The number of benzene rings is 3. The summed E-state index contributed by atoms with van der Waals surface area (Å²) in [5, 5.41) is 1.69. The van der Waals surface area contributed by atoms with E-state index < -0.39 is 18.1 Å². The first-order valence-corrected chi connectivity index (χ1v) is 14.1. The number of hydroxylamine groups is 1. The minimum absolute atomic E-state index is 0.304. The number of para-hydroxylation sites is 1. The van der Waals surface area contributed by atoms with Crippen LogP contribution in [-0.4, -0.2) is 37.7 Å². The molecule has 2 aliphatic heterocycles. The topological polar surface area (TPSA) is 77.5 Å². The highest BCUT2D eigenvalue weighted by Gasteiger charge is 2.60. The summed E-state index contributed by atoms with van der Waals surface area (Å²) in [4.78, 5) is 35.2. The summed E-state index contributed by atoms with van der Waals surface area (Å²) in [6.45, 7) is 7.72. The molecule has 3 aromatic rings. The molecule has 3 atom stereocenters. The van der Waals surface area contributed by atoms with Crippen LogP contribution in [0.2, 0.25) is 0 Å². The van der Waals surface area contributed by atoms with Crippen LogP contribution in [-0.2, 0) is 14.4 Å². The smallest absolute Gasteiger partial charge is 0.266 e. The van der Waals surface area contributed by atoms with Crippen LogP contribution in [0.4, 0.5) is 11.4 Å². The number of carbonyl (C=O) groups excluding carboxylic acids is 2. The van der Waals surface area contributed by atoms with Crippen LogP contribution < -0.4 is 24.2 Å². The lowest BCUT2D eigenvalue weighted by Crippen LogP contribution is -2.37. The minimum Gasteiger partial charge on any atom is -0.494 e. The van der Waals surface area contributed by atoms with Crippen molar-refractivity contribution in [3.63, 3.8) is 0 Å². The molecule has 0 spiro atoms. The van der Waals surface area contributed by atoms with Gasteiger partial charge < -0.3 is 14.2 Å². The van der Waals surface area contributed by atoms with Crippen molar-refractivity contribution in [1.82, 2.24) is 0 Å². The van der Waals surface area contributed by atoms with Gasteiger partial charge in [0.15, 0.2) is 17.6 Å². The monoisotopic (exact) mass is 544 g/mol. The molecule has 2 aliphatic rings. The van der Waals surface area contributed by atoms with Crippen LogP contribution in [0.5, 0.6) is 17.2 Å². The third kappa shape index (κ3) is 5.36. The van der Waals surface area contributed by atoms with Crippen molar-refractivity contribution >= 4 is 23.2 Å². The maximum atomic E-state index is 14.0. The summed E-state index contributed by atoms with van der Waals surface area (Å²) in [5.74, 6) is 0.515. The highest BCUT2D eigenvalue weighted by molar-refractivity contribution is 6.23. The van der Waals surface area contributed by atoms with Crippen molar-refractivity contribution in [3.05, 3.63) is 78.4 Å². The van der Waals surface area contributed by atoms with E-state index in [0.717, 1.165) is 30.5 Å². The van der Waals surface area contributed by atoms with Gasteiger partial charge in [0.1, 0.15) is 11.7 Å². The van der Waals surface area contributed by atoms with Gasteiger partial charge in [-0.05, 0) is 73.9 Å². The quantitative estimate of drug-likeness (QED) is 0.201. The predicted molar refractivity (Wildman–Crippen MR) is 153 cm³/mol. The van der Waals surface area contributed by atoms with E-state index in [1.165, 1.54) is 4.90 Å². The van der Waals surface area contributed by atoms with Crippen LogP contribution in [0.1, 0.15) is 51.6 Å². The zero-order valence-corrected chi connectivity index (χ0v) is 23.2. The fourth-order valence-corrected chi connectivity index (χ4v) is 5.14. The third-order valence-corrected chi connectivity index (χ3v) is 7.06. The van der Waals surface area contributed by atoms with E-state index in [0.29, 0.717) is 42.8 Å². The van der Waals surface area contributed by atoms with Gasteiger partial charge in [-0.2, -0.15) is 0 Å².